The lowest BCUT2D eigenvalue weighted by Crippen LogP contribution is -2.31. The first-order chi connectivity index (χ1) is 10.2. The molecule has 0 aromatic heterocycles. The van der Waals surface area contributed by atoms with E-state index < -0.39 is 0 Å². The average Bonchev–Trinajstić information content (AvgIpc) is 3.02. The topological polar surface area (TPSA) is 20.3 Å². The highest BCUT2D eigenvalue weighted by atomic mass is 32.1. The van der Waals surface area contributed by atoms with Crippen molar-refractivity contribution in [2.24, 2.45) is 5.92 Å². The molecule has 106 valence electrons. The summed E-state index contributed by atoms with van der Waals surface area (Å²) in [6.07, 6.45) is 3.23. The highest BCUT2D eigenvalue weighted by molar-refractivity contribution is 7.82. The van der Waals surface area contributed by atoms with E-state index in [4.69, 9.17) is 0 Å². The Balaban J connectivity index is 1.91. The minimum atomic E-state index is 0.192. The number of carbonyl (C=O) groups excluding carboxylic acids is 1. The minimum Gasteiger partial charge on any atom is -0.326 e. The maximum atomic E-state index is 12.8. The van der Waals surface area contributed by atoms with Crippen LogP contribution < -0.4 is 0 Å². The van der Waals surface area contributed by atoms with E-state index in [2.05, 4.69) is 42.3 Å². The molecular weight excluding hydrogens is 278 g/mol. The molecule has 1 aromatic carbocycles. The standard InChI is InChI=1S/C18H18NOS/c1-3-13-11(2)16-14-6-4-5-7-15(14)18(20)19(16)10-12-8-9-21-17(12)13/h4-9,11,16H,3,10H2,1-2H3/q+1/t11-,16+/m0/s1. The monoisotopic (exact) mass is 296 g/mol. The van der Waals surface area contributed by atoms with Crippen LogP contribution in [-0.4, -0.2) is 22.7 Å². The molecule has 0 aliphatic carbocycles. The van der Waals surface area contributed by atoms with Crippen molar-refractivity contribution >= 4 is 22.6 Å². The Morgan fingerprint density at radius 1 is 1.33 bits per heavy atom. The van der Waals surface area contributed by atoms with Crippen molar-refractivity contribution < 1.29 is 4.79 Å². The van der Waals surface area contributed by atoms with Crippen molar-refractivity contribution in [1.29, 1.82) is 0 Å². The molecule has 21 heavy (non-hydrogen) atoms. The number of fused-ring (bicyclic) bond motifs is 4. The van der Waals surface area contributed by atoms with Gasteiger partial charge in [-0.15, -0.1) is 0 Å². The van der Waals surface area contributed by atoms with E-state index in [9.17, 15) is 4.79 Å². The first-order valence-electron chi connectivity index (χ1n) is 7.54. The van der Waals surface area contributed by atoms with Gasteiger partial charge in [-0.1, -0.05) is 32.0 Å². The van der Waals surface area contributed by atoms with Crippen molar-refractivity contribution in [2.45, 2.75) is 26.3 Å². The summed E-state index contributed by atoms with van der Waals surface area (Å²) in [7, 11) is 0. The fraction of sp³-hybridized carbons (Fsp3) is 0.333. The van der Waals surface area contributed by atoms with Gasteiger partial charge in [0.2, 0.25) is 16.3 Å². The third-order valence-electron chi connectivity index (χ3n) is 4.89. The Morgan fingerprint density at radius 2 is 2.14 bits per heavy atom. The zero-order chi connectivity index (χ0) is 14.6. The van der Waals surface area contributed by atoms with Crippen molar-refractivity contribution in [1.82, 2.24) is 4.90 Å². The fourth-order valence-corrected chi connectivity index (χ4v) is 5.05. The van der Waals surface area contributed by atoms with Gasteiger partial charge in [0.1, 0.15) is 0 Å². The molecule has 0 fully saturated rings. The van der Waals surface area contributed by atoms with E-state index in [1.165, 1.54) is 21.6 Å². The smallest absolute Gasteiger partial charge is 0.255 e. The number of hydrogen-bond acceptors (Lipinski definition) is 1. The molecule has 2 atom stereocenters. The first-order valence-corrected chi connectivity index (χ1v) is 8.42. The number of benzene rings is 1. The second-order valence-electron chi connectivity index (χ2n) is 5.91. The molecule has 0 unspecified atom stereocenters. The molecule has 3 heterocycles. The van der Waals surface area contributed by atoms with E-state index >= 15 is 0 Å². The summed E-state index contributed by atoms with van der Waals surface area (Å²) in [6.45, 7) is 5.25. The summed E-state index contributed by atoms with van der Waals surface area (Å²) >= 11 is 1.82. The molecule has 0 spiro atoms. The number of amides is 1. The van der Waals surface area contributed by atoms with Crippen LogP contribution in [0.25, 0.3) is 0 Å². The van der Waals surface area contributed by atoms with Crippen LogP contribution in [0.2, 0.25) is 0 Å². The molecule has 2 nitrogen and oxygen atoms in total. The van der Waals surface area contributed by atoms with Gasteiger partial charge in [-0.25, -0.2) is 0 Å². The van der Waals surface area contributed by atoms with Crippen LogP contribution >= 0.6 is 0 Å². The lowest BCUT2D eigenvalue weighted by Gasteiger charge is -2.28. The van der Waals surface area contributed by atoms with Crippen molar-refractivity contribution in [3.8, 4) is 0 Å². The van der Waals surface area contributed by atoms with Crippen LogP contribution in [0, 0.1) is 5.92 Å². The predicted octanol–water partition coefficient (Wildman–Crippen LogP) is 3.32. The molecule has 0 N–H and O–H groups in total. The fourth-order valence-electron chi connectivity index (χ4n) is 3.91. The van der Waals surface area contributed by atoms with Gasteiger partial charge in [0.15, 0.2) is 5.37 Å². The van der Waals surface area contributed by atoms with E-state index in [1.807, 2.05) is 23.5 Å². The maximum absolute atomic E-state index is 12.8. The van der Waals surface area contributed by atoms with Crippen molar-refractivity contribution in [2.75, 3.05) is 6.54 Å². The molecule has 3 heteroatoms. The van der Waals surface area contributed by atoms with Gasteiger partial charge < -0.3 is 4.90 Å². The van der Waals surface area contributed by atoms with Crippen LogP contribution in [0.3, 0.4) is 0 Å². The Hall–Kier alpha value is -1.74. The van der Waals surface area contributed by atoms with Crippen LogP contribution in [0.1, 0.15) is 42.2 Å². The quantitative estimate of drug-likeness (QED) is 0.575. The maximum Gasteiger partial charge on any atom is 0.255 e. The second-order valence-corrected chi connectivity index (χ2v) is 6.82. The third kappa shape index (κ3) is 1.70. The Kier molecular flexibility index (Phi) is 2.86. The van der Waals surface area contributed by atoms with Crippen LogP contribution in [0.4, 0.5) is 0 Å². The highest BCUT2D eigenvalue weighted by Gasteiger charge is 2.45. The number of hydrogen-bond donors (Lipinski definition) is 0. The normalized spacial score (nSPS) is 26.5. The zero-order valence-electron chi connectivity index (χ0n) is 12.3. The van der Waals surface area contributed by atoms with E-state index in [0.29, 0.717) is 5.92 Å². The zero-order valence-corrected chi connectivity index (χ0v) is 13.1. The van der Waals surface area contributed by atoms with Gasteiger partial charge >= 0.3 is 0 Å². The van der Waals surface area contributed by atoms with E-state index in [-0.39, 0.29) is 11.9 Å². The number of rotatable bonds is 1. The van der Waals surface area contributed by atoms with Gasteiger partial charge in [-0.2, -0.15) is 0 Å². The van der Waals surface area contributed by atoms with Crippen LogP contribution in [0.15, 0.2) is 46.4 Å². The number of carbonyl (C=O) groups is 1. The summed E-state index contributed by atoms with van der Waals surface area (Å²) in [5.41, 5.74) is 4.91. The van der Waals surface area contributed by atoms with Gasteiger partial charge in [-0.3, -0.25) is 4.79 Å². The molecule has 4 rings (SSSR count). The van der Waals surface area contributed by atoms with Gasteiger partial charge in [-0.05, 0) is 18.1 Å². The molecule has 1 amide bonds. The molecule has 0 radical (unpaired) electrons. The molecule has 3 aliphatic rings. The van der Waals surface area contributed by atoms with Gasteiger partial charge in [0, 0.05) is 28.7 Å². The number of nitrogens with zero attached hydrogens (tertiary/aromatic N) is 1. The summed E-state index contributed by atoms with van der Waals surface area (Å²) in [4.78, 5) is 16.3. The number of allylic oxidation sites excluding steroid dienone is 1. The summed E-state index contributed by atoms with van der Waals surface area (Å²) in [6, 6.07) is 8.31. The van der Waals surface area contributed by atoms with Gasteiger partial charge in [0.25, 0.3) is 5.91 Å². The Bertz CT molecular complexity index is 728. The van der Waals surface area contributed by atoms with Crippen LogP contribution in [-0.2, 0) is 11.4 Å². The molecule has 3 aliphatic heterocycles. The molecule has 0 saturated heterocycles. The van der Waals surface area contributed by atoms with Crippen LogP contribution in [0.5, 0.6) is 0 Å². The molecular formula is C18H18NOS+. The lowest BCUT2D eigenvalue weighted by molar-refractivity contribution is 0.0717. The van der Waals surface area contributed by atoms with Crippen molar-refractivity contribution in [3.05, 3.63) is 57.5 Å². The first kappa shape index (κ1) is 13.0. The summed E-state index contributed by atoms with van der Waals surface area (Å²) < 4.78 is 0. The minimum absolute atomic E-state index is 0.192. The molecule has 0 saturated carbocycles. The summed E-state index contributed by atoms with van der Waals surface area (Å²) in [5.74, 6) is 0.569. The van der Waals surface area contributed by atoms with Gasteiger partial charge in [0.05, 0.1) is 12.6 Å². The third-order valence-corrected chi connectivity index (χ3v) is 5.92. The predicted molar refractivity (Wildman–Crippen MR) is 88.2 cm³/mol. The highest BCUT2D eigenvalue weighted by Crippen LogP contribution is 2.46. The Morgan fingerprint density at radius 3 is 2.95 bits per heavy atom. The Labute approximate surface area is 129 Å². The molecule has 0 bridgehead atoms. The van der Waals surface area contributed by atoms with Crippen molar-refractivity contribution in [3.63, 3.8) is 0 Å². The molecule has 1 aromatic rings. The van der Waals surface area contributed by atoms with E-state index in [1.54, 1.807) is 0 Å². The lowest BCUT2D eigenvalue weighted by atomic mass is 9.87. The van der Waals surface area contributed by atoms with E-state index in [0.717, 1.165) is 18.5 Å². The SMILES string of the molecule is CCC1=C2[S+]=CC=C2CN2C(=O)c3ccccc3[C@H]2[C@H]1C. The largest absolute Gasteiger partial charge is 0.326 e. The summed E-state index contributed by atoms with van der Waals surface area (Å²) in [5, 5.41) is 2.15. The second kappa shape index (κ2) is 4.63. The average molecular weight is 296 g/mol.